The van der Waals surface area contributed by atoms with E-state index in [1.807, 2.05) is 13.2 Å². The lowest BCUT2D eigenvalue weighted by atomic mass is 10.4. The van der Waals surface area contributed by atoms with Gasteiger partial charge in [-0.05, 0) is 13.5 Å². The third kappa shape index (κ3) is 3.30. The SMILES string of the molecule is CCCN(CCNC)c1cnccn1. The van der Waals surface area contributed by atoms with E-state index in [0.717, 1.165) is 31.9 Å². The van der Waals surface area contributed by atoms with Gasteiger partial charge in [0.2, 0.25) is 0 Å². The molecule has 1 rings (SSSR count). The molecule has 0 spiro atoms. The molecule has 0 bridgehead atoms. The number of aromatic nitrogens is 2. The third-order valence-electron chi connectivity index (χ3n) is 2.00. The summed E-state index contributed by atoms with van der Waals surface area (Å²) in [6.45, 7) is 5.14. The van der Waals surface area contributed by atoms with Gasteiger partial charge in [0, 0.05) is 32.0 Å². The lowest BCUT2D eigenvalue weighted by Gasteiger charge is -2.22. The number of rotatable bonds is 6. The molecule has 1 N–H and O–H groups in total. The van der Waals surface area contributed by atoms with E-state index in [1.54, 1.807) is 12.4 Å². The van der Waals surface area contributed by atoms with Crippen molar-refractivity contribution in [2.24, 2.45) is 0 Å². The Labute approximate surface area is 85.4 Å². The Bertz CT molecular complexity index is 237. The van der Waals surface area contributed by atoms with Crippen LogP contribution in [0.15, 0.2) is 18.6 Å². The lowest BCUT2D eigenvalue weighted by molar-refractivity contribution is 0.701. The molecule has 1 aromatic heterocycles. The molecule has 4 nitrogen and oxygen atoms in total. The van der Waals surface area contributed by atoms with Gasteiger partial charge in [-0.25, -0.2) is 4.98 Å². The largest absolute Gasteiger partial charge is 0.354 e. The Hall–Kier alpha value is -1.16. The van der Waals surface area contributed by atoms with Crippen molar-refractivity contribution >= 4 is 5.82 Å². The predicted molar refractivity (Wildman–Crippen MR) is 58.5 cm³/mol. The molecule has 0 aliphatic heterocycles. The van der Waals surface area contributed by atoms with E-state index < -0.39 is 0 Å². The van der Waals surface area contributed by atoms with E-state index in [-0.39, 0.29) is 0 Å². The molecule has 0 saturated carbocycles. The number of hydrogen-bond acceptors (Lipinski definition) is 4. The topological polar surface area (TPSA) is 41.0 Å². The number of anilines is 1. The summed E-state index contributed by atoms with van der Waals surface area (Å²) in [5.74, 6) is 0.963. The van der Waals surface area contributed by atoms with Crippen molar-refractivity contribution in [1.29, 1.82) is 0 Å². The predicted octanol–water partition coefficient (Wildman–Crippen LogP) is 0.912. The summed E-state index contributed by atoms with van der Waals surface area (Å²) in [6.07, 6.45) is 6.37. The fourth-order valence-corrected chi connectivity index (χ4v) is 1.31. The average Bonchev–Trinajstić information content (AvgIpc) is 2.25. The van der Waals surface area contributed by atoms with E-state index in [1.165, 1.54) is 0 Å². The van der Waals surface area contributed by atoms with Gasteiger partial charge in [0.05, 0.1) is 6.20 Å². The van der Waals surface area contributed by atoms with Crippen LogP contribution >= 0.6 is 0 Å². The van der Waals surface area contributed by atoms with Crippen LogP contribution in [0.5, 0.6) is 0 Å². The van der Waals surface area contributed by atoms with Crippen molar-refractivity contribution in [3.05, 3.63) is 18.6 Å². The highest BCUT2D eigenvalue weighted by Gasteiger charge is 2.04. The number of likely N-dealkylation sites (N-methyl/N-ethyl adjacent to an activating group) is 1. The Balaban J connectivity index is 2.58. The van der Waals surface area contributed by atoms with Gasteiger partial charge in [0.1, 0.15) is 5.82 Å². The maximum atomic E-state index is 4.29. The van der Waals surface area contributed by atoms with E-state index in [9.17, 15) is 0 Å². The first kappa shape index (κ1) is 10.9. The van der Waals surface area contributed by atoms with Crippen LogP contribution in [0.3, 0.4) is 0 Å². The first-order valence-corrected chi connectivity index (χ1v) is 5.04. The maximum Gasteiger partial charge on any atom is 0.147 e. The molecule has 0 aliphatic carbocycles. The fraction of sp³-hybridized carbons (Fsp3) is 0.600. The maximum absolute atomic E-state index is 4.29. The lowest BCUT2D eigenvalue weighted by Crippen LogP contribution is -2.32. The molecule has 1 heterocycles. The molecule has 0 fully saturated rings. The highest BCUT2D eigenvalue weighted by molar-refractivity contribution is 5.34. The van der Waals surface area contributed by atoms with Gasteiger partial charge in [0.15, 0.2) is 0 Å². The molecule has 0 saturated heterocycles. The zero-order valence-electron chi connectivity index (χ0n) is 8.90. The van der Waals surface area contributed by atoms with Crippen LogP contribution in [0, 0.1) is 0 Å². The summed E-state index contributed by atoms with van der Waals surface area (Å²) >= 11 is 0. The molecule has 0 unspecified atom stereocenters. The summed E-state index contributed by atoms with van der Waals surface area (Å²) in [5.41, 5.74) is 0. The Kier molecular flexibility index (Phi) is 4.93. The average molecular weight is 194 g/mol. The number of nitrogens with zero attached hydrogens (tertiary/aromatic N) is 3. The summed E-state index contributed by atoms with van der Waals surface area (Å²) < 4.78 is 0. The van der Waals surface area contributed by atoms with Gasteiger partial charge in [-0.2, -0.15) is 0 Å². The zero-order valence-corrected chi connectivity index (χ0v) is 8.90. The second-order valence-electron chi connectivity index (χ2n) is 3.15. The van der Waals surface area contributed by atoms with Crippen LogP contribution in [0.2, 0.25) is 0 Å². The Morgan fingerprint density at radius 2 is 2.21 bits per heavy atom. The molecule has 0 atom stereocenters. The molecule has 14 heavy (non-hydrogen) atoms. The van der Waals surface area contributed by atoms with Crippen LogP contribution in [0.4, 0.5) is 5.82 Å². The minimum atomic E-state index is 0.963. The molecule has 1 aromatic rings. The molecule has 0 aliphatic rings. The minimum absolute atomic E-state index is 0.963. The van der Waals surface area contributed by atoms with Gasteiger partial charge >= 0.3 is 0 Å². The third-order valence-corrected chi connectivity index (χ3v) is 2.00. The van der Waals surface area contributed by atoms with Gasteiger partial charge in [-0.3, -0.25) is 4.98 Å². The van der Waals surface area contributed by atoms with Crippen molar-refractivity contribution in [1.82, 2.24) is 15.3 Å². The van der Waals surface area contributed by atoms with Crippen molar-refractivity contribution in [2.45, 2.75) is 13.3 Å². The van der Waals surface area contributed by atoms with Crippen molar-refractivity contribution < 1.29 is 0 Å². The second kappa shape index (κ2) is 6.32. The highest BCUT2D eigenvalue weighted by atomic mass is 15.2. The standard InChI is InChI=1S/C10H18N4/c1-3-7-14(8-6-11-2)10-9-12-4-5-13-10/h4-5,9,11H,3,6-8H2,1-2H3. The van der Waals surface area contributed by atoms with Crippen molar-refractivity contribution in [3.8, 4) is 0 Å². The zero-order chi connectivity index (χ0) is 10.2. The van der Waals surface area contributed by atoms with E-state index in [0.29, 0.717) is 0 Å². The highest BCUT2D eigenvalue weighted by Crippen LogP contribution is 2.06. The molecule has 0 aromatic carbocycles. The smallest absolute Gasteiger partial charge is 0.147 e. The van der Waals surface area contributed by atoms with Crippen LogP contribution in [0.25, 0.3) is 0 Å². The van der Waals surface area contributed by atoms with E-state index in [2.05, 4.69) is 27.1 Å². The quantitative estimate of drug-likeness (QED) is 0.731. The molecule has 0 radical (unpaired) electrons. The summed E-state index contributed by atoms with van der Waals surface area (Å²) in [6, 6.07) is 0. The first-order chi connectivity index (χ1) is 6.88. The fourth-order valence-electron chi connectivity index (χ4n) is 1.31. The first-order valence-electron chi connectivity index (χ1n) is 5.04. The van der Waals surface area contributed by atoms with Gasteiger partial charge in [-0.15, -0.1) is 0 Å². The summed E-state index contributed by atoms with van der Waals surface area (Å²) in [7, 11) is 1.96. The van der Waals surface area contributed by atoms with Crippen LogP contribution < -0.4 is 10.2 Å². The number of nitrogens with one attached hydrogen (secondary N) is 1. The Morgan fingerprint density at radius 1 is 1.36 bits per heavy atom. The molecular formula is C10H18N4. The van der Waals surface area contributed by atoms with Gasteiger partial charge in [-0.1, -0.05) is 6.92 Å². The van der Waals surface area contributed by atoms with E-state index in [4.69, 9.17) is 0 Å². The summed E-state index contributed by atoms with van der Waals surface area (Å²) in [4.78, 5) is 10.6. The van der Waals surface area contributed by atoms with Crippen LogP contribution in [-0.4, -0.2) is 36.6 Å². The normalized spacial score (nSPS) is 10.1. The molecular weight excluding hydrogens is 176 g/mol. The Morgan fingerprint density at radius 3 is 2.79 bits per heavy atom. The van der Waals surface area contributed by atoms with Crippen molar-refractivity contribution in [2.75, 3.05) is 31.6 Å². The van der Waals surface area contributed by atoms with Crippen LogP contribution in [-0.2, 0) is 0 Å². The van der Waals surface area contributed by atoms with Gasteiger partial charge < -0.3 is 10.2 Å². The second-order valence-corrected chi connectivity index (χ2v) is 3.15. The van der Waals surface area contributed by atoms with E-state index >= 15 is 0 Å². The van der Waals surface area contributed by atoms with Crippen LogP contribution in [0.1, 0.15) is 13.3 Å². The van der Waals surface area contributed by atoms with Gasteiger partial charge in [0.25, 0.3) is 0 Å². The molecule has 0 amide bonds. The minimum Gasteiger partial charge on any atom is -0.354 e. The number of hydrogen-bond donors (Lipinski definition) is 1. The van der Waals surface area contributed by atoms with Crippen molar-refractivity contribution in [3.63, 3.8) is 0 Å². The molecule has 78 valence electrons. The monoisotopic (exact) mass is 194 g/mol. The molecule has 4 heteroatoms. The summed E-state index contributed by atoms with van der Waals surface area (Å²) in [5, 5.41) is 3.14.